The van der Waals surface area contributed by atoms with Gasteiger partial charge in [-0.3, -0.25) is 14.7 Å². The molecule has 1 saturated heterocycles. The van der Waals surface area contributed by atoms with Gasteiger partial charge in [-0.25, -0.2) is 4.98 Å². The highest BCUT2D eigenvalue weighted by atomic mass is 35.5. The van der Waals surface area contributed by atoms with E-state index < -0.39 is 17.6 Å². The Morgan fingerprint density at radius 1 is 1.20 bits per heavy atom. The number of nitrogens with two attached hydrogens (primary N) is 1. The Labute approximate surface area is 175 Å². The summed E-state index contributed by atoms with van der Waals surface area (Å²) in [6.07, 6.45) is 0.289. The van der Waals surface area contributed by atoms with Crippen LogP contribution in [0.3, 0.4) is 0 Å². The minimum atomic E-state index is -4.56. The average Bonchev–Trinajstić information content (AvgIpc) is 3.44. The number of hydrogen-bond acceptors (Lipinski definition) is 5. The summed E-state index contributed by atoms with van der Waals surface area (Å²) in [7, 11) is 0. The van der Waals surface area contributed by atoms with E-state index in [1.807, 2.05) is 10.7 Å². The molecule has 0 saturated carbocycles. The van der Waals surface area contributed by atoms with Gasteiger partial charge in [-0.1, -0.05) is 11.6 Å². The largest absolute Gasteiger partial charge is 0.419 e. The van der Waals surface area contributed by atoms with Gasteiger partial charge < -0.3 is 5.73 Å². The lowest BCUT2D eigenvalue weighted by Crippen LogP contribution is -2.29. The summed E-state index contributed by atoms with van der Waals surface area (Å²) in [6.45, 7) is 3.15. The SMILES string of the molecule is Nc1ncc(-c2cc3n(n2)CCC32CCN(Cc3[nH]ncc3Cl)C2)cc1C(F)(F)F. The highest BCUT2D eigenvalue weighted by molar-refractivity contribution is 6.31. The predicted octanol–water partition coefficient (Wildman–Crippen LogP) is 3.47. The van der Waals surface area contributed by atoms with Crippen molar-refractivity contribution in [3.05, 3.63) is 46.5 Å². The van der Waals surface area contributed by atoms with E-state index in [1.165, 1.54) is 6.20 Å². The van der Waals surface area contributed by atoms with E-state index in [4.69, 9.17) is 17.3 Å². The molecule has 2 aliphatic heterocycles. The first-order chi connectivity index (χ1) is 14.2. The number of likely N-dealkylation sites (tertiary alicyclic amines) is 1. The van der Waals surface area contributed by atoms with Crippen molar-refractivity contribution < 1.29 is 13.2 Å². The van der Waals surface area contributed by atoms with Gasteiger partial charge in [0.15, 0.2) is 0 Å². The van der Waals surface area contributed by atoms with Crippen LogP contribution in [0.1, 0.15) is 29.8 Å². The highest BCUT2D eigenvalue weighted by Gasteiger charge is 2.45. The Bertz CT molecular complexity index is 1110. The maximum atomic E-state index is 13.2. The minimum absolute atomic E-state index is 0.0636. The summed E-state index contributed by atoms with van der Waals surface area (Å²) in [4.78, 5) is 6.05. The quantitative estimate of drug-likeness (QED) is 0.655. The minimum Gasteiger partial charge on any atom is -0.383 e. The number of halogens is 4. The number of aryl methyl sites for hydroxylation is 1. The fraction of sp³-hybridized carbons (Fsp3) is 0.421. The lowest BCUT2D eigenvalue weighted by molar-refractivity contribution is -0.137. The van der Waals surface area contributed by atoms with Crippen LogP contribution < -0.4 is 5.73 Å². The van der Waals surface area contributed by atoms with E-state index in [1.54, 1.807) is 6.20 Å². The van der Waals surface area contributed by atoms with Crippen molar-refractivity contribution in [2.24, 2.45) is 0 Å². The van der Waals surface area contributed by atoms with Gasteiger partial charge >= 0.3 is 6.18 Å². The van der Waals surface area contributed by atoms with Crippen molar-refractivity contribution in [1.29, 1.82) is 0 Å². The van der Waals surface area contributed by atoms with E-state index in [-0.39, 0.29) is 5.41 Å². The molecule has 3 N–H and O–H groups in total. The molecule has 0 aromatic carbocycles. The number of nitrogens with zero attached hydrogens (tertiary/aromatic N) is 5. The second-order valence-corrected chi connectivity index (χ2v) is 8.39. The molecule has 11 heteroatoms. The number of nitrogen functional groups attached to an aromatic ring is 1. The number of nitrogens with one attached hydrogen (secondary N) is 1. The maximum absolute atomic E-state index is 13.2. The van der Waals surface area contributed by atoms with E-state index in [9.17, 15) is 13.2 Å². The smallest absolute Gasteiger partial charge is 0.383 e. The van der Waals surface area contributed by atoms with Crippen LogP contribution in [0.5, 0.6) is 0 Å². The Kier molecular flexibility index (Phi) is 4.33. The fourth-order valence-corrected chi connectivity index (χ4v) is 4.74. The van der Waals surface area contributed by atoms with Gasteiger partial charge in [0, 0.05) is 42.5 Å². The van der Waals surface area contributed by atoms with Gasteiger partial charge in [-0.05, 0) is 31.5 Å². The molecule has 5 rings (SSSR count). The first-order valence-corrected chi connectivity index (χ1v) is 9.94. The van der Waals surface area contributed by atoms with Crippen LogP contribution >= 0.6 is 11.6 Å². The van der Waals surface area contributed by atoms with Gasteiger partial charge in [-0.15, -0.1) is 0 Å². The third kappa shape index (κ3) is 3.14. The number of alkyl halides is 3. The normalized spacial score (nSPS) is 21.6. The molecule has 3 aromatic rings. The predicted molar refractivity (Wildman–Crippen MR) is 105 cm³/mol. The molecule has 1 spiro atoms. The molecule has 1 unspecified atom stereocenters. The van der Waals surface area contributed by atoms with Crippen LogP contribution in [-0.2, 0) is 24.7 Å². The number of H-pyrrole nitrogens is 1. The van der Waals surface area contributed by atoms with Gasteiger partial charge in [0.25, 0.3) is 0 Å². The molecule has 30 heavy (non-hydrogen) atoms. The zero-order chi connectivity index (χ0) is 21.1. The molecule has 0 aliphatic carbocycles. The van der Waals surface area contributed by atoms with Crippen LogP contribution in [0.2, 0.25) is 5.02 Å². The first-order valence-electron chi connectivity index (χ1n) is 9.57. The van der Waals surface area contributed by atoms with Crippen molar-refractivity contribution >= 4 is 17.4 Å². The van der Waals surface area contributed by atoms with Crippen molar-refractivity contribution in [2.75, 3.05) is 18.8 Å². The molecule has 0 radical (unpaired) electrons. The maximum Gasteiger partial charge on any atom is 0.419 e. The molecule has 1 atom stereocenters. The average molecular weight is 438 g/mol. The Balaban J connectivity index is 1.42. The van der Waals surface area contributed by atoms with E-state index in [0.717, 1.165) is 49.9 Å². The molecule has 5 heterocycles. The summed E-state index contributed by atoms with van der Waals surface area (Å²) < 4.78 is 41.5. The lowest BCUT2D eigenvalue weighted by Gasteiger charge is -2.23. The molecular formula is C19H19ClF3N7. The summed E-state index contributed by atoms with van der Waals surface area (Å²) in [5, 5.41) is 12.1. The molecule has 158 valence electrons. The molecule has 3 aromatic heterocycles. The third-order valence-corrected chi connectivity index (χ3v) is 6.45. The number of hydrogen-bond donors (Lipinski definition) is 2. The summed E-state index contributed by atoms with van der Waals surface area (Å²) in [6, 6.07) is 2.92. The molecular weight excluding hydrogens is 419 g/mol. The molecule has 2 aliphatic rings. The number of rotatable bonds is 3. The molecule has 0 amide bonds. The monoisotopic (exact) mass is 437 g/mol. The van der Waals surface area contributed by atoms with E-state index in [2.05, 4.69) is 25.2 Å². The highest BCUT2D eigenvalue weighted by Crippen LogP contribution is 2.44. The number of pyridine rings is 1. The second-order valence-electron chi connectivity index (χ2n) is 7.98. The van der Waals surface area contributed by atoms with Gasteiger partial charge in [-0.2, -0.15) is 23.4 Å². The summed E-state index contributed by atoms with van der Waals surface area (Å²) in [5.41, 5.74) is 7.16. The number of anilines is 1. The van der Waals surface area contributed by atoms with E-state index in [0.29, 0.717) is 22.8 Å². The van der Waals surface area contributed by atoms with Crippen molar-refractivity contribution in [3.63, 3.8) is 0 Å². The van der Waals surface area contributed by atoms with E-state index >= 15 is 0 Å². The summed E-state index contributed by atoms with van der Waals surface area (Å²) >= 11 is 6.15. The lowest BCUT2D eigenvalue weighted by atomic mass is 9.82. The fourth-order valence-electron chi connectivity index (χ4n) is 4.58. The van der Waals surface area contributed by atoms with Crippen LogP contribution in [-0.4, -0.2) is 43.0 Å². The van der Waals surface area contributed by atoms with Crippen LogP contribution in [0, 0.1) is 0 Å². The summed E-state index contributed by atoms with van der Waals surface area (Å²) in [5.74, 6) is -0.529. The van der Waals surface area contributed by atoms with Crippen LogP contribution in [0.15, 0.2) is 24.5 Å². The van der Waals surface area contributed by atoms with Gasteiger partial charge in [0.2, 0.25) is 0 Å². The first kappa shape index (κ1) is 19.4. The Morgan fingerprint density at radius 2 is 2.00 bits per heavy atom. The van der Waals surface area contributed by atoms with Crippen molar-refractivity contribution in [1.82, 2.24) is 29.9 Å². The van der Waals surface area contributed by atoms with Gasteiger partial charge in [0.05, 0.1) is 28.2 Å². The van der Waals surface area contributed by atoms with Crippen LogP contribution in [0.4, 0.5) is 19.0 Å². The van der Waals surface area contributed by atoms with Crippen molar-refractivity contribution in [2.45, 2.75) is 37.5 Å². The third-order valence-electron chi connectivity index (χ3n) is 6.13. The molecule has 0 bridgehead atoms. The van der Waals surface area contributed by atoms with Gasteiger partial charge in [0.1, 0.15) is 5.82 Å². The number of aromatic amines is 1. The van der Waals surface area contributed by atoms with Crippen molar-refractivity contribution in [3.8, 4) is 11.3 Å². The topological polar surface area (TPSA) is 88.6 Å². The van der Waals surface area contributed by atoms with Crippen LogP contribution in [0.25, 0.3) is 11.3 Å². The Hall–Kier alpha value is -2.59. The second kappa shape index (κ2) is 6.71. The molecule has 7 nitrogen and oxygen atoms in total. The molecule has 1 fully saturated rings. The zero-order valence-corrected chi connectivity index (χ0v) is 16.6. The Morgan fingerprint density at radius 3 is 2.73 bits per heavy atom. The number of fused-ring (bicyclic) bond motifs is 2. The number of aromatic nitrogens is 5. The zero-order valence-electron chi connectivity index (χ0n) is 15.9. The standard InChI is InChI=1S/C19H19ClF3N7/c20-13-8-26-27-15(13)9-29-3-1-18(10-29)2-4-30-16(18)6-14(28-30)11-5-12(19(21,22)23)17(24)25-7-11/h5-8H,1-4,9-10H2,(H2,24,25)(H,26,27).